The quantitative estimate of drug-likeness (QED) is 0.855. The minimum absolute atomic E-state index is 0.0689. The average molecular weight is 332 g/mol. The molecule has 122 valence electrons. The Kier molecular flexibility index (Phi) is 5.50. The normalized spacial score (nSPS) is 12.0. The zero-order valence-electron chi connectivity index (χ0n) is 13.6. The van der Waals surface area contributed by atoms with Crippen LogP contribution in [0.1, 0.15) is 28.5 Å². The van der Waals surface area contributed by atoms with E-state index in [1.54, 1.807) is 0 Å². The van der Waals surface area contributed by atoms with Crippen molar-refractivity contribution in [2.24, 2.45) is 5.92 Å². The standard InChI is InChI=1S/C17H20N2O3S/c1-10(2)13(17(21)22-4)19-16(20)15-14(18-11(3)23-15)12-8-6-5-7-9-12/h5-10,13H,1-4H3,(H,19,20). The molecule has 1 N–H and O–H groups in total. The number of methoxy groups -OCH3 is 1. The summed E-state index contributed by atoms with van der Waals surface area (Å²) in [7, 11) is 1.32. The maximum atomic E-state index is 12.6. The van der Waals surface area contributed by atoms with Crippen molar-refractivity contribution < 1.29 is 14.3 Å². The van der Waals surface area contributed by atoms with Crippen LogP contribution in [0.2, 0.25) is 0 Å². The molecule has 0 fully saturated rings. The van der Waals surface area contributed by atoms with Gasteiger partial charge in [0.2, 0.25) is 0 Å². The zero-order chi connectivity index (χ0) is 17.0. The first-order chi connectivity index (χ1) is 10.9. The van der Waals surface area contributed by atoms with Crippen molar-refractivity contribution in [3.05, 3.63) is 40.2 Å². The van der Waals surface area contributed by atoms with Gasteiger partial charge in [-0.2, -0.15) is 0 Å². The molecule has 23 heavy (non-hydrogen) atoms. The summed E-state index contributed by atoms with van der Waals surface area (Å²) in [5, 5.41) is 3.56. The summed E-state index contributed by atoms with van der Waals surface area (Å²) in [6.45, 7) is 5.57. The number of aryl methyl sites for hydroxylation is 1. The van der Waals surface area contributed by atoms with E-state index in [-0.39, 0.29) is 11.8 Å². The second kappa shape index (κ2) is 7.37. The monoisotopic (exact) mass is 332 g/mol. The van der Waals surface area contributed by atoms with Crippen molar-refractivity contribution in [1.29, 1.82) is 0 Å². The highest BCUT2D eigenvalue weighted by atomic mass is 32.1. The molecule has 1 aromatic carbocycles. The first kappa shape index (κ1) is 17.1. The number of carbonyl (C=O) groups is 2. The van der Waals surface area contributed by atoms with Crippen LogP contribution in [0.4, 0.5) is 0 Å². The van der Waals surface area contributed by atoms with E-state index in [4.69, 9.17) is 4.74 Å². The molecule has 1 unspecified atom stereocenters. The van der Waals surface area contributed by atoms with Crippen LogP contribution < -0.4 is 5.32 Å². The molecular formula is C17H20N2O3S. The third-order valence-corrected chi connectivity index (χ3v) is 4.37. The summed E-state index contributed by atoms with van der Waals surface area (Å²) in [6, 6.07) is 8.85. The maximum Gasteiger partial charge on any atom is 0.328 e. The third kappa shape index (κ3) is 3.96. The molecular weight excluding hydrogens is 312 g/mol. The molecule has 1 aromatic heterocycles. The molecule has 0 spiro atoms. The van der Waals surface area contributed by atoms with Crippen LogP contribution in [0.25, 0.3) is 11.3 Å². The number of carbonyl (C=O) groups excluding carboxylic acids is 2. The SMILES string of the molecule is COC(=O)C(NC(=O)c1sc(C)nc1-c1ccccc1)C(C)C. The fraction of sp³-hybridized carbons (Fsp3) is 0.353. The van der Waals surface area contributed by atoms with Crippen LogP contribution in [-0.2, 0) is 9.53 Å². The average Bonchev–Trinajstić information content (AvgIpc) is 2.94. The van der Waals surface area contributed by atoms with Crippen LogP contribution in [-0.4, -0.2) is 30.0 Å². The van der Waals surface area contributed by atoms with Gasteiger partial charge in [-0.3, -0.25) is 4.79 Å². The molecule has 6 heteroatoms. The molecule has 1 heterocycles. The first-order valence-electron chi connectivity index (χ1n) is 7.35. The van der Waals surface area contributed by atoms with E-state index in [1.807, 2.05) is 51.1 Å². The summed E-state index contributed by atoms with van der Waals surface area (Å²) in [6.07, 6.45) is 0. The number of hydrogen-bond donors (Lipinski definition) is 1. The van der Waals surface area contributed by atoms with E-state index >= 15 is 0 Å². The predicted octanol–water partition coefficient (Wildman–Crippen LogP) is 3.05. The van der Waals surface area contributed by atoms with Gasteiger partial charge in [0.25, 0.3) is 5.91 Å². The lowest BCUT2D eigenvalue weighted by Crippen LogP contribution is -2.44. The Labute approximate surface area is 139 Å². The van der Waals surface area contributed by atoms with Crippen LogP contribution >= 0.6 is 11.3 Å². The Hall–Kier alpha value is -2.21. The number of ether oxygens (including phenoxy) is 1. The van der Waals surface area contributed by atoms with E-state index in [1.165, 1.54) is 18.4 Å². The number of nitrogens with zero attached hydrogens (tertiary/aromatic N) is 1. The molecule has 5 nitrogen and oxygen atoms in total. The molecule has 0 aliphatic heterocycles. The van der Waals surface area contributed by atoms with E-state index in [0.717, 1.165) is 10.6 Å². The Morgan fingerprint density at radius 3 is 2.43 bits per heavy atom. The number of hydrogen-bond acceptors (Lipinski definition) is 5. The Balaban J connectivity index is 2.31. The highest BCUT2D eigenvalue weighted by Gasteiger charge is 2.27. The number of rotatable bonds is 5. The highest BCUT2D eigenvalue weighted by Crippen LogP contribution is 2.28. The number of esters is 1. The Bertz CT molecular complexity index is 695. The van der Waals surface area contributed by atoms with Crippen LogP contribution in [0, 0.1) is 12.8 Å². The smallest absolute Gasteiger partial charge is 0.328 e. The summed E-state index contributed by atoms with van der Waals surface area (Å²) < 4.78 is 4.76. The van der Waals surface area contributed by atoms with Gasteiger partial charge in [0, 0.05) is 5.56 Å². The highest BCUT2D eigenvalue weighted by molar-refractivity contribution is 7.14. The first-order valence-corrected chi connectivity index (χ1v) is 8.17. The predicted molar refractivity (Wildman–Crippen MR) is 90.4 cm³/mol. The van der Waals surface area contributed by atoms with Gasteiger partial charge in [0.05, 0.1) is 17.8 Å². The van der Waals surface area contributed by atoms with Gasteiger partial charge in [-0.05, 0) is 12.8 Å². The van der Waals surface area contributed by atoms with E-state index in [0.29, 0.717) is 10.6 Å². The number of nitrogens with one attached hydrogen (secondary N) is 1. The summed E-state index contributed by atoms with van der Waals surface area (Å²) >= 11 is 1.32. The molecule has 0 saturated heterocycles. The number of amides is 1. The summed E-state index contributed by atoms with van der Waals surface area (Å²) in [5.41, 5.74) is 1.51. The fourth-order valence-electron chi connectivity index (χ4n) is 2.20. The van der Waals surface area contributed by atoms with Crippen molar-refractivity contribution in [3.63, 3.8) is 0 Å². The summed E-state index contributed by atoms with van der Waals surface area (Å²) in [5.74, 6) is -0.824. The maximum absolute atomic E-state index is 12.6. The Morgan fingerprint density at radius 1 is 1.22 bits per heavy atom. The second-order valence-corrected chi connectivity index (χ2v) is 6.70. The molecule has 0 aliphatic carbocycles. The molecule has 0 aliphatic rings. The molecule has 0 radical (unpaired) electrons. The van der Waals surface area contributed by atoms with Gasteiger partial charge in [-0.15, -0.1) is 11.3 Å². The fourth-order valence-corrected chi connectivity index (χ4v) is 3.05. The van der Waals surface area contributed by atoms with Gasteiger partial charge in [-0.1, -0.05) is 44.2 Å². The van der Waals surface area contributed by atoms with Crippen LogP contribution in [0.5, 0.6) is 0 Å². The molecule has 1 amide bonds. The van der Waals surface area contributed by atoms with Crippen molar-refractivity contribution in [3.8, 4) is 11.3 Å². The van der Waals surface area contributed by atoms with Crippen molar-refractivity contribution >= 4 is 23.2 Å². The lowest BCUT2D eigenvalue weighted by molar-refractivity contribution is -0.144. The van der Waals surface area contributed by atoms with Gasteiger partial charge in [0.1, 0.15) is 10.9 Å². The molecule has 2 aromatic rings. The van der Waals surface area contributed by atoms with E-state index in [9.17, 15) is 9.59 Å². The molecule has 1 atom stereocenters. The van der Waals surface area contributed by atoms with E-state index < -0.39 is 12.0 Å². The third-order valence-electron chi connectivity index (χ3n) is 3.40. The van der Waals surface area contributed by atoms with Gasteiger partial charge >= 0.3 is 5.97 Å². The lowest BCUT2D eigenvalue weighted by atomic mass is 10.0. The van der Waals surface area contributed by atoms with Gasteiger partial charge in [0.15, 0.2) is 0 Å². The second-order valence-electron chi connectivity index (χ2n) is 5.49. The Morgan fingerprint density at radius 2 is 1.87 bits per heavy atom. The topological polar surface area (TPSA) is 68.3 Å². The van der Waals surface area contributed by atoms with Gasteiger partial charge < -0.3 is 10.1 Å². The largest absolute Gasteiger partial charge is 0.467 e. The number of aromatic nitrogens is 1. The number of thiazole rings is 1. The van der Waals surface area contributed by atoms with Crippen molar-refractivity contribution in [2.45, 2.75) is 26.8 Å². The van der Waals surface area contributed by atoms with Crippen LogP contribution in [0.15, 0.2) is 30.3 Å². The molecule has 0 saturated carbocycles. The molecule has 0 bridgehead atoms. The van der Waals surface area contributed by atoms with Gasteiger partial charge in [-0.25, -0.2) is 9.78 Å². The van der Waals surface area contributed by atoms with Crippen molar-refractivity contribution in [2.75, 3.05) is 7.11 Å². The minimum atomic E-state index is -0.682. The summed E-state index contributed by atoms with van der Waals surface area (Å²) in [4.78, 5) is 29.4. The van der Waals surface area contributed by atoms with Crippen molar-refractivity contribution in [1.82, 2.24) is 10.3 Å². The minimum Gasteiger partial charge on any atom is -0.467 e. The number of benzene rings is 1. The lowest BCUT2D eigenvalue weighted by Gasteiger charge is -2.19. The van der Waals surface area contributed by atoms with Crippen LogP contribution in [0.3, 0.4) is 0 Å². The zero-order valence-corrected chi connectivity index (χ0v) is 14.4. The van der Waals surface area contributed by atoms with E-state index in [2.05, 4.69) is 10.3 Å². The molecule has 2 rings (SSSR count).